The van der Waals surface area contributed by atoms with Crippen LogP contribution < -0.4 is 10.6 Å². The Bertz CT molecular complexity index is 599. The molecule has 3 nitrogen and oxygen atoms in total. The average molecular weight is 274 g/mol. The minimum absolute atomic E-state index is 0.0625. The fourth-order valence-corrected chi connectivity index (χ4v) is 3.55. The topological polar surface area (TPSA) is 41.1 Å². The van der Waals surface area contributed by atoms with E-state index >= 15 is 0 Å². The van der Waals surface area contributed by atoms with E-state index in [9.17, 15) is 4.79 Å². The maximum Gasteiger partial charge on any atom is 0.261 e. The molecule has 0 spiro atoms. The van der Waals surface area contributed by atoms with Crippen molar-refractivity contribution in [2.75, 3.05) is 13.1 Å². The predicted octanol–water partition coefficient (Wildman–Crippen LogP) is 2.69. The minimum atomic E-state index is 0.0625. The third-order valence-electron chi connectivity index (χ3n) is 3.53. The van der Waals surface area contributed by atoms with Crippen molar-refractivity contribution < 1.29 is 4.79 Å². The second kappa shape index (κ2) is 5.31. The van der Waals surface area contributed by atoms with Gasteiger partial charge < -0.3 is 10.6 Å². The molecule has 19 heavy (non-hydrogen) atoms. The summed E-state index contributed by atoms with van der Waals surface area (Å²) in [7, 11) is 0. The lowest BCUT2D eigenvalue weighted by Gasteiger charge is -2.23. The highest BCUT2D eigenvalue weighted by atomic mass is 32.1. The summed E-state index contributed by atoms with van der Waals surface area (Å²) < 4.78 is 1.19. The molecule has 1 aliphatic heterocycles. The number of rotatable bonds is 2. The molecule has 0 radical (unpaired) electrons. The zero-order chi connectivity index (χ0) is 13.2. The summed E-state index contributed by atoms with van der Waals surface area (Å²) in [6, 6.07) is 8.57. The minimum Gasteiger partial charge on any atom is -0.347 e. The average Bonchev–Trinajstić information content (AvgIpc) is 2.83. The maximum absolute atomic E-state index is 12.2. The van der Waals surface area contributed by atoms with Crippen molar-refractivity contribution in [2.45, 2.75) is 25.8 Å². The van der Waals surface area contributed by atoms with Crippen molar-refractivity contribution in [2.24, 2.45) is 0 Å². The number of fused-ring (bicyclic) bond motifs is 1. The molecule has 1 fully saturated rings. The Morgan fingerprint density at radius 2 is 2.32 bits per heavy atom. The Kier molecular flexibility index (Phi) is 3.53. The molecule has 2 heterocycles. The van der Waals surface area contributed by atoms with Crippen LogP contribution in [-0.4, -0.2) is 25.0 Å². The van der Waals surface area contributed by atoms with Crippen LogP contribution >= 0.6 is 11.3 Å². The normalized spacial score (nSPS) is 19.5. The summed E-state index contributed by atoms with van der Waals surface area (Å²) in [5.41, 5.74) is 1.23. The Morgan fingerprint density at radius 1 is 1.42 bits per heavy atom. The van der Waals surface area contributed by atoms with Crippen molar-refractivity contribution in [3.05, 3.63) is 34.7 Å². The van der Waals surface area contributed by atoms with E-state index in [1.165, 1.54) is 10.3 Å². The van der Waals surface area contributed by atoms with Crippen molar-refractivity contribution in [1.29, 1.82) is 0 Å². The van der Waals surface area contributed by atoms with Gasteiger partial charge in [0.05, 0.1) is 4.88 Å². The first kappa shape index (κ1) is 12.6. The lowest BCUT2D eigenvalue weighted by molar-refractivity contribution is 0.0935. The first-order valence-corrected chi connectivity index (χ1v) is 7.56. The number of carbonyl (C=O) groups excluding carboxylic acids is 1. The highest BCUT2D eigenvalue weighted by Crippen LogP contribution is 2.26. The van der Waals surface area contributed by atoms with Gasteiger partial charge in [0.1, 0.15) is 0 Å². The van der Waals surface area contributed by atoms with E-state index < -0.39 is 0 Å². The molecule has 3 rings (SSSR count). The van der Waals surface area contributed by atoms with Crippen molar-refractivity contribution in [1.82, 2.24) is 10.6 Å². The Hall–Kier alpha value is -1.39. The van der Waals surface area contributed by atoms with Crippen LogP contribution in [0.25, 0.3) is 10.1 Å². The van der Waals surface area contributed by atoms with Crippen LogP contribution in [0.2, 0.25) is 0 Å². The van der Waals surface area contributed by atoms with Crippen LogP contribution in [-0.2, 0) is 0 Å². The molecule has 1 atom stereocenters. The van der Waals surface area contributed by atoms with Gasteiger partial charge in [-0.25, -0.2) is 0 Å². The zero-order valence-electron chi connectivity index (χ0n) is 11.0. The lowest BCUT2D eigenvalue weighted by atomic mass is 10.1. The molecule has 2 aromatic rings. The summed E-state index contributed by atoms with van der Waals surface area (Å²) >= 11 is 1.58. The number of piperidine rings is 1. The van der Waals surface area contributed by atoms with Crippen LogP contribution in [0.4, 0.5) is 0 Å². The molecular formula is C15H18N2OS. The zero-order valence-corrected chi connectivity index (χ0v) is 11.8. The number of amides is 1. The molecule has 2 N–H and O–H groups in total. The third kappa shape index (κ3) is 2.80. The first-order valence-electron chi connectivity index (χ1n) is 6.74. The quantitative estimate of drug-likeness (QED) is 0.884. The predicted molar refractivity (Wildman–Crippen MR) is 79.9 cm³/mol. The molecule has 1 aromatic carbocycles. The highest BCUT2D eigenvalue weighted by molar-refractivity contribution is 7.20. The van der Waals surface area contributed by atoms with Gasteiger partial charge in [0.15, 0.2) is 0 Å². The number of benzene rings is 1. The Balaban J connectivity index is 1.77. The van der Waals surface area contributed by atoms with E-state index in [2.05, 4.69) is 35.8 Å². The molecule has 0 aliphatic carbocycles. The van der Waals surface area contributed by atoms with Gasteiger partial charge in [-0.15, -0.1) is 11.3 Å². The number of thiophene rings is 1. The first-order chi connectivity index (χ1) is 9.22. The van der Waals surface area contributed by atoms with E-state index in [0.29, 0.717) is 0 Å². The van der Waals surface area contributed by atoms with Crippen LogP contribution in [0.3, 0.4) is 0 Å². The molecule has 0 bridgehead atoms. The van der Waals surface area contributed by atoms with Gasteiger partial charge in [-0.3, -0.25) is 4.79 Å². The van der Waals surface area contributed by atoms with Crippen molar-refractivity contribution >= 4 is 27.3 Å². The second-order valence-electron chi connectivity index (χ2n) is 5.17. The van der Waals surface area contributed by atoms with Gasteiger partial charge in [0.25, 0.3) is 5.91 Å². The van der Waals surface area contributed by atoms with Crippen LogP contribution in [0, 0.1) is 6.92 Å². The van der Waals surface area contributed by atoms with Gasteiger partial charge in [-0.05, 0) is 49.4 Å². The second-order valence-corrected chi connectivity index (χ2v) is 6.25. The molecule has 1 saturated heterocycles. The van der Waals surface area contributed by atoms with Crippen molar-refractivity contribution in [3.8, 4) is 0 Å². The molecule has 1 unspecified atom stereocenters. The molecule has 1 aromatic heterocycles. The van der Waals surface area contributed by atoms with Crippen LogP contribution in [0.15, 0.2) is 24.3 Å². The van der Waals surface area contributed by atoms with Gasteiger partial charge in [0, 0.05) is 17.3 Å². The van der Waals surface area contributed by atoms with Gasteiger partial charge in [0.2, 0.25) is 0 Å². The standard InChI is InChI=1S/C15H18N2OS/c1-10-4-5-11-8-14(19-13(11)7-10)15(18)17-12-3-2-6-16-9-12/h4-5,7-8,12,16H,2-3,6,9H2,1H3,(H,17,18). The van der Waals surface area contributed by atoms with Crippen LogP contribution in [0.5, 0.6) is 0 Å². The van der Waals surface area contributed by atoms with Gasteiger partial charge >= 0.3 is 0 Å². The summed E-state index contributed by atoms with van der Waals surface area (Å²) in [5.74, 6) is 0.0625. The number of nitrogens with one attached hydrogen (secondary N) is 2. The van der Waals surface area contributed by atoms with E-state index in [1.54, 1.807) is 11.3 Å². The van der Waals surface area contributed by atoms with Crippen LogP contribution in [0.1, 0.15) is 28.1 Å². The SMILES string of the molecule is Cc1ccc2cc(C(=O)NC3CCCNC3)sc2c1. The molecule has 1 aliphatic rings. The fraction of sp³-hybridized carbons (Fsp3) is 0.400. The molecule has 4 heteroatoms. The number of carbonyl (C=O) groups is 1. The molecular weight excluding hydrogens is 256 g/mol. The van der Waals surface area contributed by atoms with E-state index in [1.807, 2.05) is 6.07 Å². The number of hydrogen-bond acceptors (Lipinski definition) is 3. The fourth-order valence-electron chi connectivity index (χ4n) is 2.48. The number of hydrogen-bond donors (Lipinski definition) is 2. The lowest BCUT2D eigenvalue weighted by Crippen LogP contribution is -2.45. The van der Waals surface area contributed by atoms with Gasteiger partial charge in [-0.2, -0.15) is 0 Å². The molecule has 1 amide bonds. The maximum atomic E-state index is 12.2. The molecule has 100 valence electrons. The Morgan fingerprint density at radius 3 is 3.11 bits per heavy atom. The third-order valence-corrected chi connectivity index (χ3v) is 4.63. The summed E-state index contributed by atoms with van der Waals surface area (Å²) in [6.45, 7) is 4.02. The van der Waals surface area contributed by atoms with E-state index in [-0.39, 0.29) is 11.9 Å². The summed E-state index contributed by atoms with van der Waals surface area (Å²) in [4.78, 5) is 13.1. The summed E-state index contributed by atoms with van der Waals surface area (Å²) in [5, 5.41) is 7.59. The van der Waals surface area contributed by atoms with Gasteiger partial charge in [-0.1, -0.05) is 12.1 Å². The van der Waals surface area contributed by atoms with E-state index in [4.69, 9.17) is 0 Å². The monoisotopic (exact) mass is 274 g/mol. The smallest absolute Gasteiger partial charge is 0.261 e. The molecule has 0 saturated carbocycles. The largest absolute Gasteiger partial charge is 0.347 e. The highest BCUT2D eigenvalue weighted by Gasteiger charge is 2.17. The Labute approximate surface area is 117 Å². The van der Waals surface area contributed by atoms with E-state index in [0.717, 1.165) is 36.2 Å². The summed E-state index contributed by atoms with van der Waals surface area (Å²) in [6.07, 6.45) is 2.21. The number of aryl methyl sites for hydroxylation is 1. The van der Waals surface area contributed by atoms with Crippen molar-refractivity contribution in [3.63, 3.8) is 0 Å².